The summed E-state index contributed by atoms with van der Waals surface area (Å²) >= 11 is 0. The van der Waals surface area contributed by atoms with E-state index in [2.05, 4.69) is 5.32 Å². The molecular formula is C15H20FNO3. The molecule has 0 fully saturated rings. The van der Waals surface area contributed by atoms with Gasteiger partial charge >= 0.3 is 5.97 Å². The van der Waals surface area contributed by atoms with Gasteiger partial charge in [-0.1, -0.05) is 20.8 Å². The van der Waals surface area contributed by atoms with Gasteiger partial charge < -0.3 is 10.4 Å². The highest BCUT2D eigenvalue weighted by molar-refractivity contribution is 5.97. The number of aryl methyl sites for hydroxylation is 1. The Labute approximate surface area is 118 Å². The summed E-state index contributed by atoms with van der Waals surface area (Å²) in [5.74, 6) is -2.00. The summed E-state index contributed by atoms with van der Waals surface area (Å²) in [4.78, 5) is 23.3. The maximum Gasteiger partial charge on any atom is 0.326 e. The van der Waals surface area contributed by atoms with Gasteiger partial charge in [0.15, 0.2) is 0 Å². The Morgan fingerprint density at radius 1 is 1.35 bits per heavy atom. The SMILES string of the molecule is Cc1cc(F)ccc1C(=O)NC(CC(C)(C)C)C(=O)O. The van der Waals surface area contributed by atoms with Crippen molar-refractivity contribution < 1.29 is 19.1 Å². The maximum atomic E-state index is 13.0. The number of carbonyl (C=O) groups is 2. The van der Waals surface area contributed by atoms with Crippen LogP contribution >= 0.6 is 0 Å². The summed E-state index contributed by atoms with van der Waals surface area (Å²) in [7, 11) is 0. The van der Waals surface area contributed by atoms with Crippen molar-refractivity contribution in [1.82, 2.24) is 5.32 Å². The van der Waals surface area contributed by atoms with E-state index in [1.165, 1.54) is 18.2 Å². The van der Waals surface area contributed by atoms with Crippen LogP contribution in [-0.4, -0.2) is 23.0 Å². The van der Waals surface area contributed by atoms with Gasteiger partial charge in [-0.3, -0.25) is 4.79 Å². The van der Waals surface area contributed by atoms with E-state index in [4.69, 9.17) is 0 Å². The van der Waals surface area contributed by atoms with Gasteiger partial charge in [-0.05, 0) is 42.5 Å². The number of carbonyl (C=O) groups excluding carboxylic acids is 1. The zero-order chi connectivity index (χ0) is 15.5. The molecule has 1 atom stereocenters. The van der Waals surface area contributed by atoms with Crippen molar-refractivity contribution in [2.24, 2.45) is 5.41 Å². The van der Waals surface area contributed by atoms with E-state index < -0.39 is 23.7 Å². The van der Waals surface area contributed by atoms with E-state index in [1.54, 1.807) is 6.92 Å². The minimum Gasteiger partial charge on any atom is -0.480 e. The Morgan fingerprint density at radius 3 is 2.40 bits per heavy atom. The average Bonchev–Trinajstić information content (AvgIpc) is 2.25. The minimum absolute atomic E-state index is 0.228. The molecule has 0 aromatic heterocycles. The predicted molar refractivity (Wildman–Crippen MR) is 74.1 cm³/mol. The third-order valence-electron chi connectivity index (χ3n) is 2.85. The van der Waals surface area contributed by atoms with Crippen LogP contribution in [0.1, 0.15) is 43.1 Å². The van der Waals surface area contributed by atoms with Crippen molar-refractivity contribution in [3.05, 3.63) is 35.1 Å². The topological polar surface area (TPSA) is 66.4 Å². The molecule has 5 heteroatoms. The Morgan fingerprint density at radius 2 is 1.95 bits per heavy atom. The molecule has 0 spiro atoms. The minimum atomic E-state index is -1.08. The fourth-order valence-electron chi connectivity index (χ4n) is 1.93. The third kappa shape index (κ3) is 4.64. The summed E-state index contributed by atoms with van der Waals surface area (Å²) in [6, 6.07) is 2.82. The van der Waals surface area contributed by atoms with E-state index in [1.807, 2.05) is 20.8 Å². The van der Waals surface area contributed by atoms with Gasteiger partial charge in [0.25, 0.3) is 5.91 Å². The second kappa shape index (κ2) is 6.03. The first kappa shape index (κ1) is 16.1. The van der Waals surface area contributed by atoms with Crippen LogP contribution in [0.25, 0.3) is 0 Å². The zero-order valence-electron chi connectivity index (χ0n) is 12.2. The van der Waals surface area contributed by atoms with Crippen LogP contribution in [0.4, 0.5) is 4.39 Å². The number of hydrogen-bond acceptors (Lipinski definition) is 2. The molecule has 0 saturated carbocycles. The van der Waals surface area contributed by atoms with Crippen LogP contribution in [0, 0.1) is 18.2 Å². The molecule has 0 bridgehead atoms. The molecule has 0 aliphatic heterocycles. The van der Waals surface area contributed by atoms with Crippen LogP contribution < -0.4 is 5.32 Å². The lowest BCUT2D eigenvalue weighted by molar-refractivity contribution is -0.140. The Hall–Kier alpha value is -1.91. The number of rotatable bonds is 4. The van der Waals surface area contributed by atoms with Crippen molar-refractivity contribution in [3.8, 4) is 0 Å². The highest BCUT2D eigenvalue weighted by Crippen LogP contribution is 2.21. The van der Waals surface area contributed by atoms with Crippen LogP contribution in [0.3, 0.4) is 0 Å². The lowest BCUT2D eigenvalue weighted by Gasteiger charge is -2.24. The number of carboxylic acid groups (broad SMARTS) is 1. The monoisotopic (exact) mass is 281 g/mol. The number of halogens is 1. The van der Waals surface area contributed by atoms with Gasteiger partial charge in [0.05, 0.1) is 0 Å². The number of hydrogen-bond donors (Lipinski definition) is 2. The first-order valence-electron chi connectivity index (χ1n) is 6.40. The van der Waals surface area contributed by atoms with Gasteiger partial charge in [-0.25, -0.2) is 9.18 Å². The van der Waals surface area contributed by atoms with Gasteiger partial charge in [0.2, 0.25) is 0 Å². The molecule has 1 unspecified atom stereocenters. The van der Waals surface area contributed by atoms with Gasteiger partial charge in [-0.2, -0.15) is 0 Å². The normalized spacial score (nSPS) is 12.8. The molecule has 0 aliphatic carbocycles. The highest BCUT2D eigenvalue weighted by Gasteiger charge is 2.26. The number of amides is 1. The summed E-state index contributed by atoms with van der Waals surface area (Å²) in [6.07, 6.45) is 0.314. The molecular weight excluding hydrogens is 261 g/mol. The molecule has 1 aromatic carbocycles. The molecule has 4 nitrogen and oxygen atoms in total. The van der Waals surface area contributed by atoms with Crippen molar-refractivity contribution >= 4 is 11.9 Å². The fraction of sp³-hybridized carbons (Fsp3) is 0.467. The molecule has 0 heterocycles. The molecule has 1 amide bonds. The summed E-state index contributed by atoms with van der Waals surface area (Å²) < 4.78 is 13.0. The molecule has 0 saturated heterocycles. The number of benzene rings is 1. The van der Waals surface area contributed by atoms with Gasteiger partial charge in [-0.15, -0.1) is 0 Å². The number of nitrogens with one attached hydrogen (secondary N) is 1. The second-order valence-corrected chi connectivity index (χ2v) is 6.09. The number of carboxylic acids is 1. The van der Waals surface area contributed by atoms with Crippen LogP contribution in [0.15, 0.2) is 18.2 Å². The van der Waals surface area contributed by atoms with Crippen molar-refractivity contribution in [1.29, 1.82) is 0 Å². The fourth-order valence-corrected chi connectivity index (χ4v) is 1.93. The lowest BCUT2D eigenvalue weighted by atomic mass is 9.88. The summed E-state index contributed by atoms with van der Waals surface area (Å²) in [5, 5.41) is 11.7. The second-order valence-electron chi connectivity index (χ2n) is 6.09. The van der Waals surface area contributed by atoms with Gasteiger partial charge in [0.1, 0.15) is 11.9 Å². The summed E-state index contributed by atoms with van der Waals surface area (Å²) in [6.45, 7) is 7.31. The maximum absolute atomic E-state index is 13.0. The standard InChI is InChI=1S/C15H20FNO3/c1-9-7-10(16)5-6-11(9)13(18)17-12(14(19)20)8-15(2,3)4/h5-7,12H,8H2,1-4H3,(H,17,18)(H,19,20). The van der Waals surface area contributed by atoms with Crippen molar-refractivity contribution in [2.45, 2.75) is 40.2 Å². The zero-order valence-corrected chi connectivity index (χ0v) is 12.2. The quantitative estimate of drug-likeness (QED) is 0.891. The van der Waals surface area contributed by atoms with Crippen molar-refractivity contribution in [2.75, 3.05) is 0 Å². The Kier molecular flexibility index (Phi) is 4.87. The van der Waals surface area contributed by atoms with E-state index in [0.717, 1.165) is 0 Å². The highest BCUT2D eigenvalue weighted by atomic mass is 19.1. The summed E-state index contributed by atoms with van der Waals surface area (Å²) in [5.41, 5.74) is 0.530. The van der Waals surface area contributed by atoms with Crippen LogP contribution in [0.5, 0.6) is 0 Å². The van der Waals surface area contributed by atoms with E-state index in [-0.39, 0.29) is 11.0 Å². The van der Waals surface area contributed by atoms with Crippen LogP contribution in [0.2, 0.25) is 0 Å². The van der Waals surface area contributed by atoms with E-state index in [9.17, 15) is 19.1 Å². The van der Waals surface area contributed by atoms with Gasteiger partial charge in [0, 0.05) is 5.56 Å². The molecule has 1 aromatic rings. The lowest BCUT2D eigenvalue weighted by Crippen LogP contribution is -2.43. The largest absolute Gasteiger partial charge is 0.480 e. The third-order valence-corrected chi connectivity index (χ3v) is 2.85. The first-order chi connectivity index (χ1) is 9.10. The smallest absolute Gasteiger partial charge is 0.326 e. The van der Waals surface area contributed by atoms with Crippen LogP contribution in [-0.2, 0) is 4.79 Å². The molecule has 2 N–H and O–H groups in total. The Balaban J connectivity index is 2.88. The molecule has 0 radical (unpaired) electrons. The first-order valence-corrected chi connectivity index (χ1v) is 6.40. The number of aliphatic carboxylic acids is 1. The average molecular weight is 281 g/mol. The predicted octanol–water partition coefficient (Wildman–Crippen LogP) is 2.75. The Bertz CT molecular complexity index is 520. The van der Waals surface area contributed by atoms with Crippen molar-refractivity contribution in [3.63, 3.8) is 0 Å². The van der Waals surface area contributed by atoms with E-state index >= 15 is 0 Å². The van der Waals surface area contributed by atoms with E-state index in [0.29, 0.717) is 12.0 Å². The molecule has 0 aliphatic rings. The molecule has 1 rings (SSSR count). The molecule has 110 valence electrons. The molecule has 20 heavy (non-hydrogen) atoms.